The lowest BCUT2D eigenvalue weighted by Gasteiger charge is -2.08. The van der Waals surface area contributed by atoms with Gasteiger partial charge < -0.3 is 14.2 Å². The number of carbonyl (C=O) groups excluding carboxylic acids is 1. The van der Waals surface area contributed by atoms with E-state index < -0.39 is 0 Å². The predicted molar refractivity (Wildman–Crippen MR) is 106 cm³/mol. The average Bonchev–Trinajstić information content (AvgIpc) is 3.07. The van der Waals surface area contributed by atoms with E-state index in [-0.39, 0.29) is 5.91 Å². The molecule has 0 unspecified atom stereocenters. The Kier molecular flexibility index (Phi) is 5.61. The number of ether oxygens (including phenoxy) is 3. The summed E-state index contributed by atoms with van der Waals surface area (Å²) in [7, 11) is 4.72. The monoisotopic (exact) mass is 384 g/mol. The highest BCUT2D eigenvalue weighted by Gasteiger charge is 2.15. The SMILES string of the molecule is COc1ccc(-c2nc(NC(=O)c3cc(OC)cc(OC)c3)sc2C)cc1. The normalized spacial score (nSPS) is 10.4. The van der Waals surface area contributed by atoms with Crippen molar-refractivity contribution >= 4 is 22.4 Å². The van der Waals surface area contributed by atoms with Crippen LogP contribution in [-0.2, 0) is 0 Å². The second-order valence-electron chi connectivity index (χ2n) is 5.71. The van der Waals surface area contributed by atoms with Gasteiger partial charge in [0.25, 0.3) is 5.91 Å². The van der Waals surface area contributed by atoms with Gasteiger partial charge >= 0.3 is 0 Å². The maximum absolute atomic E-state index is 12.6. The van der Waals surface area contributed by atoms with Gasteiger partial charge in [-0.3, -0.25) is 10.1 Å². The predicted octanol–water partition coefficient (Wildman–Crippen LogP) is 4.40. The Hall–Kier alpha value is -3.06. The molecule has 1 aromatic heterocycles. The summed E-state index contributed by atoms with van der Waals surface area (Å²) < 4.78 is 15.6. The maximum Gasteiger partial charge on any atom is 0.257 e. The van der Waals surface area contributed by atoms with Crippen molar-refractivity contribution in [3.8, 4) is 28.5 Å². The fourth-order valence-corrected chi connectivity index (χ4v) is 3.41. The van der Waals surface area contributed by atoms with Crippen LogP contribution in [0.3, 0.4) is 0 Å². The molecule has 0 aliphatic carbocycles. The van der Waals surface area contributed by atoms with E-state index in [2.05, 4.69) is 10.3 Å². The third-order valence-electron chi connectivity index (χ3n) is 3.99. The van der Waals surface area contributed by atoms with Gasteiger partial charge in [-0.05, 0) is 43.3 Å². The van der Waals surface area contributed by atoms with Crippen LogP contribution >= 0.6 is 11.3 Å². The summed E-state index contributed by atoms with van der Waals surface area (Å²) in [5, 5.41) is 3.38. The molecule has 1 heterocycles. The number of nitrogens with one attached hydrogen (secondary N) is 1. The van der Waals surface area contributed by atoms with Crippen LogP contribution in [0.15, 0.2) is 42.5 Å². The molecule has 3 rings (SSSR count). The molecule has 0 radical (unpaired) electrons. The van der Waals surface area contributed by atoms with Gasteiger partial charge in [0, 0.05) is 22.1 Å². The van der Waals surface area contributed by atoms with Crippen molar-refractivity contribution in [2.75, 3.05) is 26.6 Å². The van der Waals surface area contributed by atoms with Gasteiger partial charge in [0.1, 0.15) is 17.2 Å². The van der Waals surface area contributed by atoms with E-state index in [1.807, 2.05) is 31.2 Å². The summed E-state index contributed by atoms with van der Waals surface area (Å²) in [4.78, 5) is 18.2. The van der Waals surface area contributed by atoms with Crippen molar-refractivity contribution in [2.24, 2.45) is 0 Å². The van der Waals surface area contributed by atoms with Crippen LogP contribution in [-0.4, -0.2) is 32.2 Å². The summed E-state index contributed by atoms with van der Waals surface area (Å²) in [5.74, 6) is 1.61. The lowest BCUT2D eigenvalue weighted by Crippen LogP contribution is -2.12. The van der Waals surface area contributed by atoms with Crippen LogP contribution < -0.4 is 19.5 Å². The van der Waals surface area contributed by atoms with Crippen molar-refractivity contribution in [3.63, 3.8) is 0 Å². The summed E-state index contributed by atoms with van der Waals surface area (Å²) in [5.41, 5.74) is 2.24. The quantitative estimate of drug-likeness (QED) is 0.682. The van der Waals surface area contributed by atoms with Gasteiger partial charge in [-0.2, -0.15) is 0 Å². The average molecular weight is 384 g/mol. The summed E-state index contributed by atoms with van der Waals surface area (Å²) in [6, 6.07) is 12.7. The first kappa shape index (κ1) is 18.7. The number of anilines is 1. The van der Waals surface area contributed by atoms with Crippen LogP contribution in [0.5, 0.6) is 17.2 Å². The number of thiazole rings is 1. The Bertz CT molecular complexity index is 929. The highest BCUT2D eigenvalue weighted by Crippen LogP contribution is 2.32. The van der Waals surface area contributed by atoms with E-state index in [4.69, 9.17) is 14.2 Å². The summed E-state index contributed by atoms with van der Waals surface area (Å²) >= 11 is 1.43. The Morgan fingerprint density at radius 3 is 2.07 bits per heavy atom. The maximum atomic E-state index is 12.6. The van der Waals surface area contributed by atoms with Gasteiger partial charge in [0.05, 0.1) is 27.0 Å². The first-order valence-electron chi connectivity index (χ1n) is 8.20. The van der Waals surface area contributed by atoms with Crippen molar-refractivity contribution in [1.29, 1.82) is 0 Å². The zero-order chi connectivity index (χ0) is 19.4. The first-order valence-corrected chi connectivity index (χ1v) is 9.02. The molecule has 7 heteroatoms. The number of aromatic nitrogens is 1. The fourth-order valence-electron chi connectivity index (χ4n) is 2.57. The molecule has 0 aliphatic rings. The highest BCUT2D eigenvalue weighted by atomic mass is 32.1. The molecule has 6 nitrogen and oxygen atoms in total. The van der Waals surface area contributed by atoms with Crippen molar-refractivity contribution in [3.05, 3.63) is 52.9 Å². The van der Waals surface area contributed by atoms with E-state index in [9.17, 15) is 4.79 Å². The number of hydrogen-bond donors (Lipinski definition) is 1. The van der Waals surface area contributed by atoms with Gasteiger partial charge in [-0.1, -0.05) is 0 Å². The second-order valence-corrected chi connectivity index (χ2v) is 6.91. The summed E-state index contributed by atoms with van der Waals surface area (Å²) in [6.45, 7) is 1.97. The van der Waals surface area contributed by atoms with E-state index in [1.54, 1.807) is 39.5 Å². The number of benzene rings is 2. The number of amides is 1. The first-order chi connectivity index (χ1) is 13.0. The van der Waals surface area contributed by atoms with Crippen LogP contribution in [0.1, 0.15) is 15.2 Å². The number of methoxy groups -OCH3 is 3. The third-order valence-corrected chi connectivity index (χ3v) is 4.88. The van der Waals surface area contributed by atoms with Crippen molar-refractivity contribution < 1.29 is 19.0 Å². The van der Waals surface area contributed by atoms with E-state index in [0.717, 1.165) is 21.9 Å². The Balaban J connectivity index is 1.83. The fraction of sp³-hybridized carbons (Fsp3) is 0.200. The number of hydrogen-bond acceptors (Lipinski definition) is 6. The number of aryl methyl sites for hydroxylation is 1. The lowest BCUT2D eigenvalue weighted by atomic mass is 10.1. The molecule has 0 saturated carbocycles. The van der Waals surface area contributed by atoms with Crippen LogP contribution in [0.4, 0.5) is 5.13 Å². The second kappa shape index (κ2) is 8.09. The molecule has 27 heavy (non-hydrogen) atoms. The molecule has 0 atom stereocenters. The molecule has 0 spiro atoms. The molecule has 0 bridgehead atoms. The minimum Gasteiger partial charge on any atom is -0.497 e. The topological polar surface area (TPSA) is 69.7 Å². The molecule has 1 N–H and O–H groups in total. The summed E-state index contributed by atoms with van der Waals surface area (Å²) in [6.07, 6.45) is 0. The molecule has 0 fully saturated rings. The third kappa shape index (κ3) is 4.20. The van der Waals surface area contributed by atoms with Crippen LogP contribution in [0, 0.1) is 6.92 Å². The smallest absolute Gasteiger partial charge is 0.257 e. The van der Waals surface area contributed by atoms with Gasteiger partial charge in [0.2, 0.25) is 0 Å². The van der Waals surface area contributed by atoms with Gasteiger partial charge in [0.15, 0.2) is 5.13 Å². The van der Waals surface area contributed by atoms with Crippen LogP contribution in [0.25, 0.3) is 11.3 Å². The van der Waals surface area contributed by atoms with E-state index in [0.29, 0.717) is 22.2 Å². The Labute approximate surface area is 161 Å². The van der Waals surface area contributed by atoms with E-state index in [1.165, 1.54) is 11.3 Å². The molecule has 3 aromatic rings. The lowest BCUT2D eigenvalue weighted by molar-refractivity contribution is 0.102. The van der Waals surface area contributed by atoms with E-state index >= 15 is 0 Å². The number of nitrogens with zero attached hydrogens (tertiary/aromatic N) is 1. The van der Waals surface area contributed by atoms with Crippen molar-refractivity contribution in [1.82, 2.24) is 4.98 Å². The highest BCUT2D eigenvalue weighted by molar-refractivity contribution is 7.16. The van der Waals surface area contributed by atoms with Crippen molar-refractivity contribution in [2.45, 2.75) is 6.92 Å². The molecule has 0 aliphatic heterocycles. The molecule has 1 amide bonds. The van der Waals surface area contributed by atoms with Gasteiger partial charge in [-0.25, -0.2) is 4.98 Å². The largest absolute Gasteiger partial charge is 0.497 e. The zero-order valence-electron chi connectivity index (χ0n) is 15.5. The molecule has 2 aromatic carbocycles. The minimum absolute atomic E-state index is 0.276. The Morgan fingerprint density at radius 2 is 1.52 bits per heavy atom. The molecular weight excluding hydrogens is 364 g/mol. The standard InChI is InChI=1S/C20H20N2O4S/c1-12-18(13-5-7-15(24-2)8-6-13)21-20(27-12)22-19(23)14-9-16(25-3)11-17(10-14)26-4/h5-11H,1-4H3,(H,21,22,23). The molecule has 140 valence electrons. The Morgan fingerprint density at radius 1 is 0.926 bits per heavy atom. The van der Waals surface area contributed by atoms with Crippen LogP contribution in [0.2, 0.25) is 0 Å². The van der Waals surface area contributed by atoms with Gasteiger partial charge in [-0.15, -0.1) is 11.3 Å². The molecular formula is C20H20N2O4S. The molecule has 0 saturated heterocycles. The minimum atomic E-state index is -0.276. The number of carbonyl (C=O) groups is 1. The zero-order valence-corrected chi connectivity index (χ0v) is 16.3. The number of rotatable bonds is 6.